The third-order valence-corrected chi connectivity index (χ3v) is 4.08. The fourth-order valence-electron chi connectivity index (χ4n) is 2.52. The van der Waals surface area contributed by atoms with Gasteiger partial charge in [0.25, 0.3) is 5.92 Å². The van der Waals surface area contributed by atoms with Crippen LogP contribution in [0.15, 0.2) is 42.6 Å². The van der Waals surface area contributed by atoms with Gasteiger partial charge in [-0.15, -0.1) is 0 Å². The molecule has 0 spiro atoms. The van der Waals surface area contributed by atoms with Crippen molar-refractivity contribution in [3.63, 3.8) is 0 Å². The summed E-state index contributed by atoms with van der Waals surface area (Å²) in [6.07, 6.45) is 1.67. The maximum Gasteiger partial charge on any atom is 0.278 e. The molecule has 0 radical (unpaired) electrons. The first kappa shape index (κ1) is 20.8. The predicted octanol–water partition coefficient (Wildman–Crippen LogP) is 4.66. The van der Waals surface area contributed by atoms with E-state index in [4.69, 9.17) is 4.74 Å². The number of hydrogen-bond donors (Lipinski definition) is 1. The molecule has 2 aromatic rings. The molecule has 1 aromatic carbocycles. The highest BCUT2D eigenvalue weighted by atomic mass is 19.3. The number of halogens is 2. The van der Waals surface area contributed by atoms with Crippen molar-refractivity contribution in [2.75, 3.05) is 6.61 Å². The molecular weight excluding hydrogens is 350 g/mol. The number of rotatable bonds is 8. The molecule has 6 heteroatoms. The molecule has 1 atom stereocenters. The molecule has 0 saturated heterocycles. The lowest BCUT2D eigenvalue weighted by atomic mass is 10.0. The summed E-state index contributed by atoms with van der Waals surface area (Å²) >= 11 is 0. The van der Waals surface area contributed by atoms with Gasteiger partial charge in [-0.3, -0.25) is 9.78 Å². The number of pyridine rings is 1. The van der Waals surface area contributed by atoms with Crippen molar-refractivity contribution in [1.29, 1.82) is 0 Å². The van der Waals surface area contributed by atoms with Crippen LogP contribution in [-0.4, -0.2) is 23.4 Å². The zero-order valence-corrected chi connectivity index (χ0v) is 16.1. The second-order valence-electron chi connectivity index (χ2n) is 7.14. The Labute approximate surface area is 159 Å². The van der Waals surface area contributed by atoms with Crippen LogP contribution in [-0.2, 0) is 11.2 Å². The fourth-order valence-corrected chi connectivity index (χ4v) is 2.52. The second kappa shape index (κ2) is 8.93. The fraction of sp³-hybridized carbons (Fsp3) is 0.429. The number of hydrogen-bond acceptors (Lipinski definition) is 3. The SMILES string of the molecule is CC(C)c1ccc(CC(=O)N[C@H](C)c2ccc(OCC(C)(F)F)cn2)cc1. The Morgan fingerprint density at radius 2 is 1.81 bits per heavy atom. The highest BCUT2D eigenvalue weighted by Crippen LogP contribution is 2.18. The first-order valence-corrected chi connectivity index (χ1v) is 8.99. The minimum absolute atomic E-state index is 0.104. The van der Waals surface area contributed by atoms with Crippen LogP contribution in [0.3, 0.4) is 0 Å². The number of alkyl halides is 2. The van der Waals surface area contributed by atoms with Crippen molar-refractivity contribution in [3.8, 4) is 5.75 Å². The molecule has 0 aliphatic rings. The molecule has 0 saturated carbocycles. The van der Waals surface area contributed by atoms with E-state index >= 15 is 0 Å². The molecule has 0 fully saturated rings. The van der Waals surface area contributed by atoms with Crippen LogP contribution in [0.25, 0.3) is 0 Å². The minimum Gasteiger partial charge on any atom is -0.486 e. The van der Waals surface area contributed by atoms with E-state index in [1.807, 2.05) is 31.2 Å². The lowest BCUT2D eigenvalue weighted by Gasteiger charge is -2.15. The van der Waals surface area contributed by atoms with Crippen molar-refractivity contribution in [2.24, 2.45) is 0 Å². The molecule has 146 valence electrons. The van der Waals surface area contributed by atoms with E-state index in [-0.39, 0.29) is 24.1 Å². The molecule has 4 nitrogen and oxygen atoms in total. The summed E-state index contributed by atoms with van der Waals surface area (Å²) in [5, 5.41) is 2.90. The van der Waals surface area contributed by atoms with Gasteiger partial charge in [-0.1, -0.05) is 38.1 Å². The van der Waals surface area contributed by atoms with E-state index < -0.39 is 12.5 Å². The van der Waals surface area contributed by atoms with Crippen LogP contribution in [0.1, 0.15) is 56.5 Å². The molecule has 1 aromatic heterocycles. The summed E-state index contributed by atoms with van der Waals surface area (Å²) in [4.78, 5) is 16.4. The highest BCUT2D eigenvalue weighted by Gasteiger charge is 2.22. The van der Waals surface area contributed by atoms with Gasteiger partial charge in [0.05, 0.1) is 24.4 Å². The lowest BCUT2D eigenvalue weighted by molar-refractivity contribution is -0.121. The average Bonchev–Trinajstić information content (AvgIpc) is 2.60. The van der Waals surface area contributed by atoms with E-state index in [0.717, 1.165) is 12.5 Å². The van der Waals surface area contributed by atoms with Gasteiger partial charge < -0.3 is 10.1 Å². The largest absolute Gasteiger partial charge is 0.486 e. The van der Waals surface area contributed by atoms with Gasteiger partial charge >= 0.3 is 0 Å². The van der Waals surface area contributed by atoms with Crippen LogP contribution in [0, 0.1) is 0 Å². The molecule has 1 heterocycles. The van der Waals surface area contributed by atoms with E-state index in [1.165, 1.54) is 11.8 Å². The molecule has 2 rings (SSSR count). The van der Waals surface area contributed by atoms with E-state index in [0.29, 0.717) is 11.6 Å². The van der Waals surface area contributed by atoms with Crippen LogP contribution in [0.4, 0.5) is 8.78 Å². The topological polar surface area (TPSA) is 51.2 Å². The van der Waals surface area contributed by atoms with Crippen LogP contribution in [0.5, 0.6) is 5.75 Å². The quantitative estimate of drug-likeness (QED) is 0.729. The second-order valence-corrected chi connectivity index (χ2v) is 7.14. The Hall–Kier alpha value is -2.50. The number of benzene rings is 1. The summed E-state index contributed by atoms with van der Waals surface area (Å²) in [6.45, 7) is 6.17. The van der Waals surface area contributed by atoms with E-state index in [9.17, 15) is 13.6 Å². The van der Waals surface area contributed by atoms with E-state index in [1.54, 1.807) is 12.1 Å². The molecule has 0 bridgehead atoms. The van der Waals surface area contributed by atoms with Crippen LogP contribution >= 0.6 is 0 Å². The molecule has 1 amide bonds. The van der Waals surface area contributed by atoms with Crippen molar-refractivity contribution < 1.29 is 18.3 Å². The van der Waals surface area contributed by atoms with Crippen molar-refractivity contribution in [3.05, 3.63) is 59.4 Å². The molecule has 27 heavy (non-hydrogen) atoms. The van der Waals surface area contributed by atoms with Crippen molar-refractivity contribution in [1.82, 2.24) is 10.3 Å². The number of amides is 1. The monoisotopic (exact) mass is 376 g/mol. The number of carbonyl (C=O) groups excluding carboxylic acids is 1. The summed E-state index contributed by atoms with van der Waals surface area (Å²) in [7, 11) is 0. The smallest absolute Gasteiger partial charge is 0.278 e. The lowest BCUT2D eigenvalue weighted by Crippen LogP contribution is -2.28. The Bertz CT molecular complexity index is 738. The first-order chi connectivity index (χ1) is 12.6. The van der Waals surface area contributed by atoms with Crippen LogP contribution < -0.4 is 10.1 Å². The Morgan fingerprint density at radius 3 is 2.33 bits per heavy atom. The Morgan fingerprint density at radius 1 is 1.15 bits per heavy atom. The molecule has 0 unspecified atom stereocenters. The number of ether oxygens (including phenoxy) is 1. The van der Waals surface area contributed by atoms with Gasteiger partial charge in [0, 0.05) is 6.92 Å². The normalized spacial score (nSPS) is 12.7. The number of aromatic nitrogens is 1. The van der Waals surface area contributed by atoms with Gasteiger partial charge in [0.2, 0.25) is 5.91 Å². The maximum atomic E-state index is 12.8. The summed E-state index contributed by atoms with van der Waals surface area (Å²) < 4.78 is 30.6. The molecule has 0 aliphatic heterocycles. The predicted molar refractivity (Wildman–Crippen MR) is 101 cm³/mol. The van der Waals surface area contributed by atoms with Gasteiger partial charge in [-0.05, 0) is 36.1 Å². The zero-order valence-electron chi connectivity index (χ0n) is 16.1. The third kappa shape index (κ3) is 6.96. The summed E-state index contributed by atoms with van der Waals surface area (Å²) in [5.74, 6) is -2.28. The summed E-state index contributed by atoms with van der Waals surface area (Å²) in [5.41, 5.74) is 2.82. The molecule has 0 aliphatic carbocycles. The standard InChI is InChI=1S/C21H26F2N2O2/c1-14(2)17-7-5-16(6-8-17)11-20(26)25-15(3)19-10-9-18(12-24-19)27-13-21(4,22)23/h5-10,12,14-15H,11,13H2,1-4H3,(H,25,26)/t15-/m1/s1. The molecular formula is C21H26F2N2O2. The first-order valence-electron chi connectivity index (χ1n) is 8.99. The number of carbonyl (C=O) groups is 1. The maximum absolute atomic E-state index is 12.8. The van der Waals surface area contributed by atoms with Gasteiger partial charge in [-0.25, -0.2) is 8.78 Å². The van der Waals surface area contributed by atoms with Gasteiger partial charge in [0.1, 0.15) is 5.75 Å². The van der Waals surface area contributed by atoms with Crippen LogP contribution in [0.2, 0.25) is 0 Å². The highest BCUT2D eigenvalue weighted by molar-refractivity contribution is 5.78. The molecule has 1 N–H and O–H groups in total. The zero-order chi connectivity index (χ0) is 20.0. The third-order valence-electron chi connectivity index (χ3n) is 4.08. The Kier molecular flexibility index (Phi) is 6.88. The Balaban J connectivity index is 1.88. The average molecular weight is 376 g/mol. The number of nitrogens with zero attached hydrogens (tertiary/aromatic N) is 1. The minimum atomic E-state index is -2.90. The summed E-state index contributed by atoms with van der Waals surface area (Å²) in [6, 6.07) is 10.9. The van der Waals surface area contributed by atoms with Crippen molar-refractivity contribution >= 4 is 5.91 Å². The van der Waals surface area contributed by atoms with Gasteiger partial charge in [-0.2, -0.15) is 0 Å². The van der Waals surface area contributed by atoms with Crippen molar-refractivity contribution in [2.45, 2.75) is 52.0 Å². The number of nitrogens with one attached hydrogen (secondary N) is 1. The van der Waals surface area contributed by atoms with Gasteiger partial charge in [0.15, 0.2) is 6.61 Å². The van der Waals surface area contributed by atoms with E-state index in [2.05, 4.69) is 24.1 Å².